The van der Waals surface area contributed by atoms with E-state index in [2.05, 4.69) is 44.5 Å². The zero-order valence-corrected chi connectivity index (χ0v) is 16.7. The van der Waals surface area contributed by atoms with Crippen molar-refractivity contribution in [1.29, 1.82) is 0 Å². The Labute approximate surface area is 162 Å². The maximum Gasteiger partial charge on any atom is 0.0895 e. The molecule has 2 saturated heterocycles. The second-order valence-electron chi connectivity index (χ2n) is 7.78. The molecule has 6 nitrogen and oxygen atoms in total. The SMILES string of the molecule is CCn1ncc(CN2CCC(N3C[C@H](OC)[C@@H]3c3cccnc3)CC2)c1C. The van der Waals surface area contributed by atoms with Crippen LogP contribution < -0.4 is 0 Å². The molecule has 2 aromatic heterocycles. The first-order valence-corrected chi connectivity index (χ1v) is 10.1. The molecule has 2 atom stereocenters. The third-order valence-electron chi connectivity index (χ3n) is 6.35. The molecule has 0 bridgehead atoms. The van der Waals surface area contributed by atoms with E-state index in [0.29, 0.717) is 12.1 Å². The Balaban J connectivity index is 1.35. The second-order valence-corrected chi connectivity index (χ2v) is 7.78. The molecule has 2 aliphatic heterocycles. The van der Waals surface area contributed by atoms with E-state index in [1.54, 1.807) is 0 Å². The van der Waals surface area contributed by atoms with Gasteiger partial charge in [-0.1, -0.05) is 6.07 Å². The fourth-order valence-corrected chi connectivity index (χ4v) is 4.64. The average Bonchev–Trinajstić information content (AvgIpc) is 3.03. The lowest BCUT2D eigenvalue weighted by Gasteiger charge is -2.53. The molecule has 146 valence electrons. The van der Waals surface area contributed by atoms with E-state index >= 15 is 0 Å². The van der Waals surface area contributed by atoms with Gasteiger partial charge in [-0.2, -0.15) is 5.10 Å². The number of hydrogen-bond donors (Lipinski definition) is 0. The van der Waals surface area contributed by atoms with Gasteiger partial charge >= 0.3 is 0 Å². The van der Waals surface area contributed by atoms with Crippen LogP contribution in [0, 0.1) is 6.92 Å². The lowest BCUT2D eigenvalue weighted by atomic mass is 9.87. The van der Waals surface area contributed by atoms with Gasteiger partial charge in [0.1, 0.15) is 0 Å². The van der Waals surface area contributed by atoms with E-state index in [0.717, 1.165) is 32.7 Å². The van der Waals surface area contributed by atoms with Crippen LogP contribution >= 0.6 is 0 Å². The van der Waals surface area contributed by atoms with Crippen molar-refractivity contribution >= 4 is 0 Å². The minimum Gasteiger partial charge on any atom is -0.378 e. The van der Waals surface area contributed by atoms with Gasteiger partial charge in [0.15, 0.2) is 0 Å². The zero-order chi connectivity index (χ0) is 18.8. The molecule has 0 amide bonds. The normalized spacial score (nSPS) is 24.9. The summed E-state index contributed by atoms with van der Waals surface area (Å²) in [7, 11) is 1.83. The zero-order valence-electron chi connectivity index (χ0n) is 16.7. The minimum atomic E-state index is 0.287. The van der Waals surface area contributed by atoms with Crippen LogP contribution in [0.15, 0.2) is 30.7 Å². The molecule has 4 heterocycles. The Hall–Kier alpha value is -1.76. The van der Waals surface area contributed by atoms with Gasteiger partial charge in [-0.15, -0.1) is 0 Å². The van der Waals surface area contributed by atoms with Crippen LogP contribution in [0.1, 0.15) is 42.6 Å². The molecule has 27 heavy (non-hydrogen) atoms. The Morgan fingerprint density at radius 2 is 2.04 bits per heavy atom. The predicted molar refractivity (Wildman–Crippen MR) is 105 cm³/mol. The molecule has 2 aromatic rings. The lowest BCUT2D eigenvalue weighted by molar-refractivity contribution is -0.117. The number of nitrogens with zero attached hydrogens (tertiary/aromatic N) is 5. The van der Waals surface area contributed by atoms with Gasteiger partial charge in [-0.05, 0) is 51.4 Å². The quantitative estimate of drug-likeness (QED) is 0.783. The maximum atomic E-state index is 5.71. The lowest BCUT2D eigenvalue weighted by Crippen LogP contribution is -2.60. The van der Waals surface area contributed by atoms with E-state index in [4.69, 9.17) is 4.74 Å². The van der Waals surface area contributed by atoms with Crippen LogP contribution in [0.3, 0.4) is 0 Å². The Morgan fingerprint density at radius 1 is 1.22 bits per heavy atom. The number of aromatic nitrogens is 3. The number of ether oxygens (including phenoxy) is 1. The van der Waals surface area contributed by atoms with Gasteiger partial charge in [0.2, 0.25) is 0 Å². The van der Waals surface area contributed by atoms with E-state index in [9.17, 15) is 0 Å². The number of aryl methyl sites for hydroxylation is 1. The highest BCUT2D eigenvalue weighted by Gasteiger charge is 2.44. The molecular weight excluding hydrogens is 338 g/mol. The molecule has 2 aliphatic rings. The van der Waals surface area contributed by atoms with Gasteiger partial charge in [-0.3, -0.25) is 19.5 Å². The van der Waals surface area contributed by atoms with Crippen molar-refractivity contribution < 1.29 is 4.74 Å². The van der Waals surface area contributed by atoms with Crippen molar-refractivity contribution in [2.45, 2.75) is 58.0 Å². The fourth-order valence-electron chi connectivity index (χ4n) is 4.64. The summed E-state index contributed by atoms with van der Waals surface area (Å²) in [5, 5.41) is 4.49. The third-order valence-corrected chi connectivity index (χ3v) is 6.35. The summed E-state index contributed by atoms with van der Waals surface area (Å²) in [6.07, 6.45) is 8.60. The largest absolute Gasteiger partial charge is 0.378 e. The van der Waals surface area contributed by atoms with Crippen molar-refractivity contribution in [2.75, 3.05) is 26.7 Å². The minimum absolute atomic E-state index is 0.287. The molecule has 0 N–H and O–H groups in total. The summed E-state index contributed by atoms with van der Waals surface area (Å²) in [5.41, 5.74) is 3.95. The molecule has 0 aliphatic carbocycles. The highest BCUT2D eigenvalue weighted by molar-refractivity contribution is 5.21. The number of rotatable bonds is 6. The Morgan fingerprint density at radius 3 is 2.67 bits per heavy atom. The summed E-state index contributed by atoms with van der Waals surface area (Å²) >= 11 is 0. The molecule has 0 radical (unpaired) electrons. The fraction of sp³-hybridized carbons (Fsp3) is 0.619. The van der Waals surface area contributed by atoms with E-state index in [1.165, 1.54) is 29.7 Å². The van der Waals surface area contributed by atoms with Gasteiger partial charge in [0, 0.05) is 56.4 Å². The van der Waals surface area contributed by atoms with Crippen molar-refractivity contribution in [3.63, 3.8) is 0 Å². The van der Waals surface area contributed by atoms with Crippen LogP contribution in [-0.4, -0.2) is 63.5 Å². The maximum absolute atomic E-state index is 5.71. The third kappa shape index (κ3) is 3.66. The highest BCUT2D eigenvalue weighted by Crippen LogP contribution is 2.39. The highest BCUT2D eigenvalue weighted by atomic mass is 16.5. The van der Waals surface area contributed by atoms with Crippen molar-refractivity contribution in [3.8, 4) is 0 Å². The van der Waals surface area contributed by atoms with Crippen molar-refractivity contribution in [3.05, 3.63) is 47.5 Å². The molecular formula is C21H31N5O. The van der Waals surface area contributed by atoms with Crippen LogP contribution in [0.25, 0.3) is 0 Å². The standard InChI is InChI=1S/C21H31N5O/c1-4-26-16(2)18(13-23-26)14-24-10-7-19(8-11-24)25-15-20(27-3)21(25)17-6-5-9-22-12-17/h5-6,9,12-13,19-21H,4,7-8,10-11,14-15H2,1-3H3/t20-,21-/m0/s1. The molecule has 6 heteroatoms. The number of hydrogen-bond acceptors (Lipinski definition) is 5. The van der Waals surface area contributed by atoms with Crippen molar-refractivity contribution in [2.24, 2.45) is 0 Å². The second kappa shape index (κ2) is 8.09. The molecule has 0 unspecified atom stereocenters. The first-order chi connectivity index (χ1) is 13.2. The summed E-state index contributed by atoms with van der Waals surface area (Å²) in [5.74, 6) is 0. The molecule has 2 fully saturated rings. The summed E-state index contributed by atoms with van der Waals surface area (Å²) in [6.45, 7) is 9.62. The molecule has 0 spiro atoms. The van der Waals surface area contributed by atoms with Gasteiger partial charge in [0.05, 0.1) is 18.3 Å². The van der Waals surface area contributed by atoms with Gasteiger partial charge < -0.3 is 4.74 Å². The Kier molecular flexibility index (Phi) is 5.57. The van der Waals surface area contributed by atoms with E-state index < -0.39 is 0 Å². The van der Waals surface area contributed by atoms with Crippen molar-refractivity contribution in [1.82, 2.24) is 24.6 Å². The molecule has 0 saturated carbocycles. The Bertz CT molecular complexity index is 738. The number of likely N-dealkylation sites (tertiary alicyclic amines) is 2. The summed E-state index contributed by atoms with van der Waals surface area (Å²) in [6, 6.07) is 5.20. The van der Waals surface area contributed by atoms with Crippen LogP contribution in [0.4, 0.5) is 0 Å². The van der Waals surface area contributed by atoms with Gasteiger partial charge in [-0.25, -0.2) is 0 Å². The van der Waals surface area contributed by atoms with Gasteiger partial charge in [0.25, 0.3) is 0 Å². The topological polar surface area (TPSA) is 46.4 Å². The number of pyridine rings is 1. The van der Waals surface area contributed by atoms with Crippen LogP contribution in [0.5, 0.6) is 0 Å². The monoisotopic (exact) mass is 369 g/mol. The van der Waals surface area contributed by atoms with Crippen LogP contribution in [0.2, 0.25) is 0 Å². The van der Waals surface area contributed by atoms with E-state index in [-0.39, 0.29) is 6.10 Å². The van der Waals surface area contributed by atoms with Crippen LogP contribution in [-0.2, 0) is 17.8 Å². The predicted octanol–water partition coefficient (Wildman–Crippen LogP) is 2.64. The molecule has 4 rings (SSSR count). The first kappa shape index (κ1) is 18.6. The summed E-state index contributed by atoms with van der Waals surface area (Å²) < 4.78 is 7.80. The van der Waals surface area contributed by atoms with E-state index in [1.807, 2.05) is 31.8 Å². The smallest absolute Gasteiger partial charge is 0.0895 e. The molecule has 0 aromatic carbocycles. The first-order valence-electron chi connectivity index (χ1n) is 10.1. The summed E-state index contributed by atoms with van der Waals surface area (Å²) in [4.78, 5) is 9.52. The number of methoxy groups -OCH3 is 1. The number of piperidine rings is 1. The average molecular weight is 370 g/mol.